The van der Waals surface area contributed by atoms with Crippen LogP contribution in [0.2, 0.25) is 0 Å². The Balaban J connectivity index is 1.33. The maximum Gasteiger partial charge on any atom is 0.101 e. The largest absolute Gasteiger partial charge is 0.372 e. The Hall–Kier alpha value is -2.72. The highest BCUT2D eigenvalue weighted by Crippen LogP contribution is 2.34. The van der Waals surface area contributed by atoms with Gasteiger partial charge in [-0.15, -0.1) is 0 Å². The van der Waals surface area contributed by atoms with E-state index >= 15 is 0 Å². The first kappa shape index (κ1) is 18.3. The van der Waals surface area contributed by atoms with Crippen molar-refractivity contribution < 1.29 is 0 Å². The van der Waals surface area contributed by atoms with Crippen molar-refractivity contribution in [2.75, 3.05) is 13.2 Å². The third-order valence-electron chi connectivity index (χ3n) is 6.54. The average molecular weight is 387 g/mol. The Kier molecular flexibility index (Phi) is 4.59. The van der Waals surface area contributed by atoms with Gasteiger partial charge in [0, 0.05) is 23.1 Å². The van der Waals surface area contributed by atoms with Crippen molar-refractivity contribution in [1.29, 1.82) is 0 Å². The van der Waals surface area contributed by atoms with Crippen molar-refractivity contribution >= 4 is 10.9 Å². The van der Waals surface area contributed by atoms with E-state index in [-0.39, 0.29) is 0 Å². The molecule has 29 heavy (non-hydrogen) atoms. The van der Waals surface area contributed by atoms with Crippen LogP contribution in [0.4, 0.5) is 0 Å². The molecule has 0 spiro atoms. The van der Waals surface area contributed by atoms with Crippen LogP contribution in [0.15, 0.2) is 59.0 Å². The number of benzene rings is 1. The summed E-state index contributed by atoms with van der Waals surface area (Å²) in [7, 11) is 0. The van der Waals surface area contributed by atoms with E-state index in [0.29, 0.717) is 6.04 Å². The van der Waals surface area contributed by atoms with Crippen molar-refractivity contribution in [2.45, 2.75) is 46.1 Å². The van der Waals surface area contributed by atoms with Crippen molar-refractivity contribution in [3.8, 4) is 0 Å². The molecule has 1 unspecified atom stereocenters. The summed E-state index contributed by atoms with van der Waals surface area (Å²) in [5.41, 5.74) is 11.0. The minimum atomic E-state index is 0.350. The van der Waals surface area contributed by atoms with Gasteiger partial charge >= 0.3 is 0 Å². The predicted molar refractivity (Wildman–Crippen MR) is 121 cm³/mol. The van der Waals surface area contributed by atoms with Gasteiger partial charge in [0.25, 0.3) is 0 Å². The Morgan fingerprint density at radius 2 is 2.00 bits per heavy atom. The van der Waals surface area contributed by atoms with Crippen molar-refractivity contribution in [3.05, 3.63) is 81.4 Å². The summed E-state index contributed by atoms with van der Waals surface area (Å²) in [6.07, 6.45) is 12.3. The topological polar surface area (TPSA) is 51.9 Å². The van der Waals surface area contributed by atoms with Crippen LogP contribution in [0.3, 0.4) is 0 Å². The van der Waals surface area contributed by atoms with Crippen LogP contribution >= 0.6 is 0 Å². The first-order chi connectivity index (χ1) is 14.1. The lowest BCUT2D eigenvalue weighted by Gasteiger charge is -2.27. The van der Waals surface area contributed by atoms with Gasteiger partial charge in [0.15, 0.2) is 0 Å². The van der Waals surface area contributed by atoms with E-state index in [1.807, 2.05) is 0 Å². The van der Waals surface area contributed by atoms with E-state index < -0.39 is 0 Å². The number of allylic oxidation sites excluding steroid dienone is 5. The van der Waals surface area contributed by atoms with Crippen LogP contribution in [0.25, 0.3) is 10.9 Å². The molecule has 2 heterocycles. The second-order valence-corrected chi connectivity index (χ2v) is 8.46. The lowest BCUT2D eigenvalue weighted by molar-refractivity contribution is 0.525. The third kappa shape index (κ3) is 3.22. The minimum Gasteiger partial charge on any atom is -0.372 e. The molecule has 0 saturated carbocycles. The highest BCUT2D eigenvalue weighted by atomic mass is 15.2. The molecule has 0 fully saturated rings. The molecule has 1 atom stereocenters. The SMILES string of the molecule is Cc1[nH]c2c(C)ccc(C)c2c1CCNC1=C2CC(C3=CCC=C3)=CC2NCN1. The van der Waals surface area contributed by atoms with Crippen molar-refractivity contribution in [1.82, 2.24) is 20.9 Å². The number of aromatic amines is 1. The molecule has 0 saturated heterocycles. The molecule has 1 aromatic heterocycles. The van der Waals surface area contributed by atoms with Crippen molar-refractivity contribution in [3.63, 3.8) is 0 Å². The fourth-order valence-electron chi connectivity index (χ4n) is 4.97. The maximum atomic E-state index is 3.71. The van der Waals surface area contributed by atoms with E-state index in [1.165, 1.54) is 55.8 Å². The normalized spacial score (nSPS) is 20.7. The second kappa shape index (κ2) is 7.27. The van der Waals surface area contributed by atoms with Gasteiger partial charge in [0.2, 0.25) is 0 Å². The van der Waals surface area contributed by atoms with Gasteiger partial charge in [0.1, 0.15) is 5.82 Å². The number of aryl methyl sites for hydroxylation is 3. The van der Waals surface area contributed by atoms with E-state index in [2.05, 4.69) is 78.1 Å². The summed E-state index contributed by atoms with van der Waals surface area (Å²) < 4.78 is 0. The summed E-state index contributed by atoms with van der Waals surface area (Å²) in [5, 5.41) is 12.2. The van der Waals surface area contributed by atoms with Crippen LogP contribution in [0.1, 0.15) is 35.2 Å². The second-order valence-electron chi connectivity index (χ2n) is 8.46. The number of H-pyrrole nitrogens is 1. The van der Waals surface area contributed by atoms with Crippen LogP contribution in [0.5, 0.6) is 0 Å². The zero-order valence-corrected chi connectivity index (χ0v) is 17.6. The lowest BCUT2D eigenvalue weighted by Crippen LogP contribution is -2.46. The molecule has 150 valence electrons. The summed E-state index contributed by atoms with van der Waals surface area (Å²) in [4.78, 5) is 3.61. The summed E-state index contributed by atoms with van der Waals surface area (Å²) in [5.74, 6) is 1.22. The first-order valence-electron chi connectivity index (χ1n) is 10.7. The average Bonchev–Trinajstić information content (AvgIpc) is 3.44. The van der Waals surface area contributed by atoms with Crippen LogP contribution in [0, 0.1) is 20.8 Å². The molecule has 4 heteroatoms. The Bertz CT molecular complexity index is 1090. The molecular formula is C25H30N4. The Morgan fingerprint density at radius 1 is 1.14 bits per heavy atom. The maximum absolute atomic E-state index is 3.71. The third-order valence-corrected chi connectivity index (χ3v) is 6.54. The zero-order valence-electron chi connectivity index (χ0n) is 17.6. The summed E-state index contributed by atoms with van der Waals surface area (Å²) in [6.45, 7) is 8.33. The minimum absolute atomic E-state index is 0.350. The molecule has 0 bridgehead atoms. The molecule has 1 aliphatic heterocycles. The monoisotopic (exact) mass is 386 g/mol. The Morgan fingerprint density at radius 3 is 2.83 bits per heavy atom. The van der Waals surface area contributed by atoms with Crippen LogP contribution < -0.4 is 16.0 Å². The van der Waals surface area contributed by atoms with Gasteiger partial charge < -0.3 is 15.6 Å². The highest BCUT2D eigenvalue weighted by Gasteiger charge is 2.28. The molecule has 2 aliphatic carbocycles. The number of hydrogen-bond donors (Lipinski definition) is 4. The molecular weight excluding hydrogens is 356 g/mol. The number of rotatable bonds is 5. The fraction of sp³-hybridized carbons (Fsp3) is 0.360. The number of hydrogen-bond acceptors (Lipinski definition) is 3. The summed E-state index contributed by atoms with van der Waals surface area (Å²) >= 11 is 0. The number of aromatic nitrogens is 1. The lowest BCUT2D eigenvalue weighted by atomic mass is 10.0. The van der Waals surface area contributed by atoms with E-state index in [0.717, 1.165) is 32.5 Å². The number of nitrogens with one attached hydrogen (secondary N) is 4. The Labute approximate surface area is 172 Å². The molecule has 2 aromatic rings. The molecule has 5 rings (SSSR count). The molecule has 0 amide bonds. The quantitative estimate of drug-likeness (QED) is 0.624. The first-order valence-corrected chi connectivity index (χ1v) is 10.7. The van der Waals surface area contributed by atoms with Crippen LogP contribution in [-0.2, 0) is 6.42 Å². The van der Waals surface area contributed by atoms with Gasteiger partial charge in [-0.25, -0.2) is 0 Å². The zero-order chi connectivity index (χ0) is 20.0. The van der Waals surface area contributed by atoms with E-state index in [1.54, 1.807) is 0 Å². The molecule has 4 N–H and O–H groups in total. The molecule has 3 aliphatic rings. The van der Waals surface area contributed by atoms with Gasteiger partial charge in [-0.2, -0.15) is 0 Å². The van der Waals surface area contributed by atoms with E-state index in [4.69, 9.17) is 0 Å². The van der Waals surface area contributed by atoms with Gasteiger partial charge in [0.05, 0.1) is 12.7 Å². The fourth-order valence-corrected chi connectivity index (χ4v) is 4.97. The predicted octanol–water partition coefficient (Wildman–Crippen LogP) is 4.17. The molecule has 0 radical (unpaired) electrons. The molecule has 4 nitrogen and oxygen atoms in total. The van der Waals surface area contributed by atoms with Crippen LogP contribution in [-0.4, -0.2) is 24.2 Å². The van der Waals surface area contributed by atoms with Gasteiger partial charge in [-0.05, 0) is 73.4 Å². The highest BCUT2D eigenvalue weighted by molar-refractivity contribution is 5.90. The smallest absolute Gasteiger partial charge is 0.101 e. The molecule has 1 aromatic carbocycles. The standard InChI is InChI=1S/C25H30N4/c1-15-8-9-16(2)24-23(15)20(17(3)29-24)10-11-26-25-21-12-19(18-6-4-5-7-18)13-22(21)27-14-28-25/h4,6-9,13,22,26-29H,5,10-12,14H2,1-3H3. The van der Waals surface area contributed by atoms with Crippen molar-refractivity contribution in [2.24, 2.45) is 0 Å². The van der Waals surface area contributed by atoms with Gasteiger partial charge in [-0.1, -0.05) is 36.4 Å². The number of fused-ring (bicyclic) bond motifs is 2. The van der Waals surface area contributed by atoms with Gasteiger partial charge in [-0.3, -0.25) is 5.32 Å². The summed E-state index contributed by atoms with van der Waals surface area (Å²) in [6, 6.07) is 4.80. The van der Waals surface area contributed by atoms with E-state index in [9.17, 15) is 0 Å².